The van der Waals surface area contributed by atoms with Gasteiger partial charge in [0.15, 0.2) is 5.82 Å². The van der Waals surface area contributed by atoms with Gasteiger partial charge in [-0.3, -0.25) is 29.2 Å². The van der Waals surface area contributed by atoms with Gasteiger partial charge in [-0.15, -0.1) is 0 Å². The van der Waals surface area contributed by atoms with Crippen molar-refractivity contribution in [1.29, 1.82) is 0 Å². The van der Waals surface area contributed by atoms with Gasteiger partial charge in [0.05, 0.1) is 11.3 Å². The Bertz CT molecular complexity index is 3050. The van der Waals surface area contributed by atoms with Gasteiger partial charge in [-0.1, -0.05) is 36.4 Å². The number of fused-ring (bicyclic) bond motifs is 2. The molecule has 3 fully saturated rings. The van der Waals surface area contributed by atoms with Crippen LogP contribution in [-0.2, 0) is 26.3 Å². The summed E-state index contributed by atoms with van der Waals surface area (Å²) in [4.78, 5) is 64.6. The summed E-state index contributed by atoms with van der Waals surface area (Å²) in [5, 5.41) is 2.66. The molecule has 0 bridgehead atoms. The number of amides is 3. The molecule has 3 N–H and O–H groups in total. The summed E-state index contributed by atoms with van der Waals surface area (Å²) >= 11 is 0. The van der Waals surface area contributed by atoms with Crippen molar-refractivity contribution in [2.75, 3.05) is 53.8 Å². The summed E-state index contributed by atoms with van der Waals surface area (Å²) in [5.41, 5.74) is 5.59. The molecular weight excluding hydrogens is 862 g/mol. The molecule has 4 aliphatic heterocycles. The number of carbonyl (C=O) groups excluding carboxylic acids is 4. The predicted molar refractivity (Wildman–Crippen MR) is 237 cm³/mol. The molecule has 0 spiro atoms. The van der Waals surface area contributed by atoms with Gasteiger partial charge in [-0.25, -0.2) is 18.2 Å². The third-order valence-electron chi connectivity index (χ3n) is 12.7. The van der Waals surface area contributed by atoms with Crippen LogP contribution in [0.15, 0.2) is 97.3 Å². The number of carbonyl (C=O) groups is 4. The standard InChI is InChI=1S/C47H41F3N8O6S/c48-32-14-15-57(26-32)65(63,64)54-39-11-10-38(49)42(43(39)50)44(60)37-24-52-45-36(37)22-30(23-51-45)28-6-4-27(5-7-28)29-2-1-3-33(20-29)55-16-18-56(19-17-55)34-8-9-35-31(21-34)25-58(47(35)62)40-12-13-41(59)53-46(40)61/h1-11,20-24,32,40,54H,12-19,25-26H2,(H,51,52)(H,53,59,61)/t32-,40?/m1/s1. The SMILES string of the molecule is O=C1CCC(N2Cc3cc(N4CCN(c5cccc(-c6ccc(-c7cnc8[nH]cc(C(=O)c9c(F)ccc(NS(=O)(=O)N%10CC[C@@H](F)C%10)c9F)c8c7)cc6)c5)CC4)ccc3C2=O)C(=O)N1. The average Bonchev–Trinajstić information content (AvgIpc) is 4.04. The number of aromatic amines is 1. The van der Waals surface area contributed by atoms with E-state index >= 15 is 8.78 Å². The number of ketones is 1. The Labute approximate surface area is 371 Å². The average molecular weight is 903 g/mol. The van der Waals surface area contributed by atoms with Crippen LogP contribution in [0, 0.1) is 11.6 Å². The van der Waals surface area contributed by atoms with E-state index in [4.69, 9.17) is 0 Å². The van der Waals surface area contributed by atoms with Gasteiger partial charge >= 0.3 is 10.2 Å². The fraction of sp³-hybridized carbons (Fsp3) is 0.255. The number of piperidine rings is 1. The Hall–Kier alpha value is -7.05. The summed E-state index contributed by atoms with van der Waals surface area (Å²) < 4.78 is 73.2. The van der Waals surface area contributed by atoms with Crippen molar-refractivity contribution >= 4 is 61.8 Å². The second-order valence-electron chi connectivity index (χ2n) is 16.6. The first kappa shape index (κ1) is 41.9. The largest absolute Gasteiger partial charge is 0.368 e. The molecule has 10 rings (SSSR count). The number of nitrogens with one attached hydrogen (secondary N) is 3. The molecule has 65 heavy (non-hydrogen) atoms. The minimum atomic E-state index is -4.37. The molecule has 3 saturated heterocycles. The van der Waals surface area contributed by atoms with Crippen molar-refractivity contribution in [3.63, 3.8) is 0 Å². The monoisotopic (exact) mass is 902 g/mol. The van der Waals surface area contributed by atoms with Crippen molar-refractivity contribution in [1.82, 2.24) is 24.5 Å². The minimum absolute atomic E-state index is 0.00403. The number of hydrogen-bond donors (Lipinski definition) is 3. The Morgan fingerprint density at radius 3 is 2.23 bits per heavy atom. The van der Waals surface area contributed by atoms with E-state index in [-0.39, 0.29) is 36.8 Å². The van der Waals surface area contributed by atoms with Crippen LogP contribution in [0.3, 0.4) is 0 Å². The number of imide groups is 1. The number of nitrogens with zero attached hydrogens (tertiary/aromatic N) is 5. The van der Waals surface area contributed by atoms with Crippen molar-refractivity contribution in [3.8, 4) is 22.3 Å². The summed E-state index contributed by atoms with van der Waals surface area (Å²) in [5.74, 6) is -4.53. The molecule has 2 atom stereocenters. The van der Waals surface area contributed by atoms with E-state index in [9.17, 15) is 32.0 Å². The van der Waals surface area contributed by atoms with Crippen LogP contribution in [0.4, 0.5) is 30.2 Å². The highest BCUT2D eigenvalue weighted by molar-refractivity contribution is 7.90. The number of benzene rings is 4. The Morgan fingerprint density at radius 1 is 0.800 bits per heavy atom. The zero-order chi connectivity index (χ0) is 45.1. The molecule has 2 aromatic heterocycles. The van der Waals surface area contributed by atoms with Gasteiger partial charge in [-0.05, 0) is 83.6 Å². The van der Waals surface area contributed by atoms with Crippen LogP contribution in [0.2, 0.25) is 0 Å². The van der Waals surface area contributed by atoms with E-state index in [0.717, 1.165) is 76.2 Å². The lowest BCUT2D eigenvalue weighted by Gasteiger charge is -2.37. The van der Waals surface area contributed by atoms with E-state index in [1.54, 1.807) is 17.2 Å². The number of rotatable bonds is 10. The predicted octanol–water partition coefficient (Wildman–Crippen LogP) is 6.19. The van der Waals surface area contributed by atoms with Gasteiger partial charge in [0.2, 0.25) is 17.6 Å². The highest BCUT2D eigenvalue weighted by atomic mass is 32.2. The summed E-state index contributed by atoms with van der Waals surface area (Å²) in [6.07, 6.45) is 2.09. The molecule has 1 unspecified atom stereocenters. The van der Waals surface area contributed by atoms with E-state index in [2.05, 4.69) is 37.2 Å². The molecule has 0 saturated carbocycles. The fourth-order valence-electron chi connectivity index (χ4n) is 9.15. The van der Waals surface area contributed by atoms with Gasteiger partial charge in [0.25, 0.3) is 5.91 Å². The molecule has 18 heteroatoms. The van der Waals surface area contributed by atoms with Crippen LogP contribution >= 0.6 is 0 Å². The summed E-state index contributed by atoms with van der Waals surface area (Å²) in [6.45, 7) is 2.88. The van der Waals surface area contributed by atoms with E-state index in [0.29, 0.717) is 35.1 Å². The first-order valence-electron chi connectivity index (χ1n) is 21.2. The van der Waals surface area contributed by atoms with Crippen LogP contribution in [0.5, 0.6) is 0 Å². The second kappa shape index (κ2) is 16.5. The van der Waals surface area contributed by atoms with Crippen LogP contribution in [0.25, 0.3) is 33.3 Å². The Morgan fingerprint density at radius 2 is 1.52 bits per heavy atom. The van der Waals surface area contributed by atoms with Crippen molar-refractivity contribution in [3.05, 3.63) is 131 Å². The first-order chi connectivity index (χ1) is 31.3. The number of aromatic nitrogens is 2. The molecule has 332 valence electrons. The summed E-state index contributed by atoms with van der Waals surface area (Å²) in [7, 11) is -4.37. The number of halogens is 3. The third-order valence-corrected chi connectivity index (χ3v) is 14.2. The maximum atomic E-state index is 15.8. The van der Waals surface area contributed by atoms with Gasteiger partial charge in [0, 0.05) is 98.1 Å². The maximum Gasteiger partial charge on any atom is 0.301 e. The zero-order valence-corrected chi connectivity index (χ0v) is 35.5. The van der Waals surface area contributed by atoms with Crippen LogP contribution in [-0.4, -0.2) is 103 Å². The maximum absolute atomic E-state index is 15.8. The third kappa shape index (κ3) is 7.86. The molecule has 4 aliphatic rings. The number of anilines is 3. The number of piperazine rings is 1. The molecule has 4 aromatic carbocycles. The normalized spacial score (nSPS) is 19.2. The molecule has 0 radical (unpaired) electrons. The smallest absolute Gasteiger partial charge is 0.301 e. The van der Waals surface area contributed by atoms with E-state index in [1.807, 2.05) is 59.3 Å². The Balaban J connectivity index is 0.809. The van der Waals surface area contributed by atoms with E-state index in [1.165, 1.54) is 6.20 Å². The first-order valence-corrected chi connectivity index (χ1v) is 22.7. The van der Waals surface area contributed by atoms with Gasteiger partial charge < -0.3 is 19.7 Å². The quantitative estimate of drug-likeness (QED) is 0.107. The highest BCUT2D eigenvalue weighted by Crippen LogP contribution is 2.34. The molecule has 14 nitrogen and oxygen atoms in total. The highest BCUT2D eigenvalue weighted by Gasteiger charge is 2.39. The van der Waals surface area contributed by atoms with E-state index < -0.39 is 63.5 Å². The molecule has 6 heterocycles. The zero-order valence-electron chi connectivity index (χ0n) is 34.7. The topological polar surface area (TPSA) is 168 Å². The van der Waals surface area contributed by atoms with Crippen LogP contribution < -0.4 is 19.8 Å². The lowest BCUT2D eigenvalue weighted by Crippen LogP contribution is -2.52. The van der Waals surface area contributed by atoms with Crippen LogP contribution in [0.1, 0.15) is 51.1 Å². The number of alkyl halides is 1. The van der Waals surface area contributed by atoms with Crippen molar-refractivity contribution < 1.29 is 40.8 Å². The molecule has 0 aliphatic carbocycles. The number of pyridine rings is 1. The fourth-order valence-corrected chi connectivity index (χ4v) is 10.4. The minimum Gasteiger partial charge on any atom is -0.368 e. The Kier molecular flexibility index (Phi) is 10.6. The van der Waals surface area contributed by atoms with Crippen molar-refractivity contribution in [2.45, 2.75) is 38.0 Å². The number of H-pyrrole nitrogens is 1. The van der Waals surface area contributed by atoms with Crippen molar-refractivity contribution in [2.24, 2.45) is 0 Å². The lowest BCUT2D eigenvalue weighted by atomic mass is 9.98. The molecule has 6 aromatic rings. The van der Waals surface area contributed by atoms with Gasteiger partial charge in [-0.2, -0.15) is 12.7 Å². The second-order valence-corrected chi connectivity index (χ2v) is 18.3. The van der Waals surface area contributed by atoms with Gasteiger partial charge in [0.1, 0.15) is 23.7 Å². The number of hydrogen-bond acceptors (Lipinski definition) is 9. The molecular formula is C47H41F3N8O6S. The summed E-state index contributed by atoms with van der Waals surface area (Å²) in [6, 6.07) is 24.6. The lowest BCUT2D eigenvalue weighted by molar-refractivity contribution is -0.136. The molecule has 3 amide bonds.